The van der Waals surface area contributed by atoms with Crippen molar-refractivity contribution in [3.05, 3.63) is 218 Å². The van der Waals surface area contributed by atoms with Gasteiger partial charge in [-0.1, -0.05) is 170 Å². The summed E-state index contributed by atoms with van der Waals surface area (Å²) in [5, 5.41) is 7.53. The van der Waals surface area contributed by atoms with Crippen LogP contribution in [0.5, 0.6) is 0 Å². The van der Waals surface area contributed by atoms with E-state index in [1.807, 2.05) is 0 Å². The quantitative estimate of drug-likeness (QED) is 0.153. The zero-order valence-corrected chi connectivity index (χ0v) is 29.8. The van der Waals surface area contributed by atoms with Crippen LogP contribution in [0.1, 0.15) is 0 Å². The number of hydrogen-bond donors (Lipinski definition) is 0. The molecule has 10 rings (SSSR count). The van der Waals surface area contributed by atoms with Gasteiger partial charge in [0, 0.05) is 0 Å². The van der Waals surface area contributed by atoms with E-state index in [1.165, 1.54) is 99.1 Å². The van der Waals surface area contributed by atoms with Gasteiger partial charge in [0.25, 0.3) is 0 Å². The first-order valence-corrected chi connectivity index (χ1v) is 18.7. The van der Waals surface area contributed by atoms with Crippen molar-refractivity contribution in [1.29, 1.82) is 0 Å². The van der Waals surface area contributed by atoms with Crippen LogP contribution < -0.4 is 0 Å². The van der Waals surface area contributed by atoms with Crippen molar-refractivity contribution in [2.75, 3.05) is 0 Å². The Hall–Kier alpha value is -7.02. The predicted octanol–water partition coefficient (Wildman–Crippen LogP) is 15.1. The SMILES string of the molecule is c1ccc(-c2cc(-c3ccccc3)cc(-c3cc4c5ccccc5c(-c5cc(-c6ccccc6)cc(-c6ccccc6)c5)cc4c4ccccc34)c2)cc1. The zero-order chi connectivity index (χ0) is 35.8. The Morgan fingerprint density at radius 2 is 0.389 bits per heavy atom. The molecule has 0 heterocycles. The van der Waals surface area contributed by atoms with Gasteiger partial charge < -0.3 is 0 Å². The molecule has 0 amide bonds. The molecule has 0 aromatic heterocycles. The summed E-state index contributed by atoms with van der Waals surface area (Å²) in [6.07, 6.45) is 0. The molecule has 0 spiro atoms. The minimum Gasteiger partial charge on any atom is -0.0622 e. The average Bonchev–Trinajstić information content (AvgIpc) is 3.26. The van der Waals surface area contributed by atoms with E-state index in [0.29, 0.717) is 0 Å². The summed E-state index contributed by atoms with van der Waals surface area (Å²) < 4.78 is 0. The Kier molecular flexibility index (Phi) is 7.93. The smallest absolute Gasteiger partial charge is 0.00923 e. The first kappa shape index (κ1) is 31.7. The third-order valence-electron chi connectivity index (χ3n) is 10.8. The molecule has 0 N–H and O–H groups in total. The molecule has 10 aromatic rings. The summed E-state index contributed by atoms with van der Waals surface area (Å²) in [5.74, 6) is 0. The van der Waals surface area contributed by atoms with E-state index in [0.717, 1.165) is 0 Å². The number of rotatable bonds is 6. The van der Waals surface area contributed by atoms with Gasteiger partial charge in [0.2, 0.25) is 0 Å². The molecule has 0 radical (unpaired) electrons. The Bertz CT molecular complexity index is 2620. The topological polar surface area (TPSA) is 0 Å². The predicted molar refractivity (Wildman–Crippen MR) is 232 cm³/mol. The third kappa shape index (κ3) is 5.75. The summed E-state index contributed by atoms with van der Waals surface area (Å²) in [7, 11) is 0. The Morgan fingerprint density at radius 3 is 0.685 bits per heavy atom. The van der Waals surface area contributed by atoms with Crippen LogP contribution in [0.3, 0.4) is 0 Å². The van der Waals surface area contributed by atoms with Gasteiger partial charge in [0.1, 0.15) is 0 Å². The fourth-order valence-corrected chi connectivity index (χ4v) is 8.18. The molecule has 0 aliphatic carbocycles. The molecule has 0 bridgehead atoms. The molecule has 0 saturated carbocycles. The molecule has 0 fully saturated rings. The van der Waals surface area contributed by atoms with E-state index in [2.05, 4.69) is 218 Å². The summed E-state index contributed by atoms with van der Waals surface area (Å²) in [6, 6.07) is 79.9. The first-order valence-electron chi connectivity index (χ1n) is 18.7. The van der Waals surface area contributed by atoms with Crippen molar-refractivity contribution in [2.24, 2.45) is 0 Å². The van der Waals surface area contributed by atoms with Crippen molar-refractivity contribution in [3.63, 3.8) is 0 Å². The van der Waals surface area contributed by atoms with Crippen LogP contribution in [0.25, 0.3) is 99.1 Å². The van der Waals surface area contributed by atoms with Gasteiger partial charge in [0.05, 0.1) is 0 Å². The first-order chi connectivity index (χ1) is 26.8. The fourth-order valence-electron chi connectivity index (χ4n) is 8.18. The molecule has 0 heteroatoms. The molecular weight excluding hydrogens is 649 g/mol. The standard InChI is InChI=1S/C54H36/c1-5-17-37(18-6-1)41-29-42(38-19-7-2-8-20-38)32-45(31-41)51-35-53-50-28-16-14-26-48(50)52(36-54(53)49-27-15-13-25-47(49)51)46-33-43(39-21-9-3-10-22-39)30-44(34-46)40-23-11-4-12-24-40/h1-36H. The second kappa shape index (κ2) is 13.5. The van der Waals surface area contributed by atoms with Gasteiger partial charge >= 0.3 is 0 Å². The van der Waals surface area contributed by atoms with Crippen molar-refractivity contribution in [1.82, 2.24) is 0 Å². The van der Waals surface area contributed by atoms with Gasteiger partial charge in [-0.3, -0.25) is 0 Å². The van der Waals surface area contributed by atoms with Crippen LogP contribution in [0, 0.1) is 0 Å². The lowest BCUT2D eigenvalue weighted by molar-refractivity contribution is 1.58. The van der Waals surface area contributed by atoms with Crippen LogP contribution in [0.2, 0.25) is 0 Å². The lowest BCUT2D eigenvalue weighted by atomic mass is 9.85. The van der Waals surface area contributed by atoms with Gasteiger partial charge in [-0.2, -0.15) is 0 Å². The molecule has 0 aliphatic heterocycles. The molecule has 54 heavy (non-hydrogen) atoms. The second-order valence-electron chi connectivity index (χ2n) is 14.1. The molecule has 252 valence electrons. The van der Waals surface area contributed by atoms with Crippen LogP contribution >= 0.6 is 0 Å². The van der Waals surface area contributed by atoms with Gasteiger partial charge in [-0.25, -0.2) is 0 Å². The molecule has 10 aromatic carbocycles. The van der Waals surface area contributed by atoms with E-state index in [1.54, 1.807) is 0 Å². The third-order valence-corrected chi connectivity index (χ3v) is 10.8. The largest absolute Gasteiger partial charge is 0.0622 e. The van der Waals surface area contributed by atoms with Crippen LogP contribution in [-0.2, 0) is 0 Å². The van der Waals surface area contributed by atoms with Crippen molar-refractivity contribution in [3.8, 4) is 66.8 Å². The van der Waals surface area contributed by atoms with E-state index in [9.17, 15) is 0 Å². The zero-order valence-electron chi connectivity index (χ0n) is 29.8. The maximum Gasteiger partial charge on any atom is -0.00923 e. The van der Waals surface area contributed by atoms with Crippen LogP contribution in [-0.4, -0.2) is 0 Å². The summed E-state index contributed by atoms with van der Waals surface area (Å²) >= 11 is 0. The highest BCUT2D eigenvalue weighted by atomic mass is 14.2. The van der Waals surface area contributed by atoms with Gasteiger partial charge in [-0.15, -0.1) is 0 Å². The summed E-state index contributed by atoms with van der Waals surface area (Å²) in [6.45, 7) is 0. The van der Waals surface area contributed by atoms with Crippen molar-refractivity contribution < 1.29 is 0 Å². The Balaban J connectivity index is 1.25. The molecular formula is C54H36. The normalized spacial score (nSPS) is 11.3. The number of benzene rings is 10. The van der Waals surface area contributed by atoms with Crippen molar-refractivity contribution in [2.45, 2.75) is 0 Å². The molecule has 0 unspecified atom stereocenters. The number of hydrogen-bond acceptors (Lipinski definition) is 0. The lowest BCUT2D eigenvalue weighted by Gasteiger charge is -2.18. The maximum absolute atomic E-state index is 2.44. The highest BCUT2D eigenvalue weighted by Gasteiger charge is 2.17. The van der Waals surface area contributed by atoms with Gasteiger partial charge in [-0.05, 0) is 148 Å². The molecule has 0 aliphatic rings. The van der Waals surface area contributed by atoms with Crippen molar-refractivity contribution >= 4 is 32.3 Å². The highest BCUT2D eigenvalue weighted by Crippen LogP contribution is 2.44. The van der Waals surface area contributed by atoms with E-state index in [4.69, 9.17) is 0 Å². The average molecular weight is 685 g/mol. The number of fused-ring (bicyclic) bond motifs is 5. The molecule has 0 nitrogen and oxygen atoms in total. The van der Waals surface area contributed by atoms with E-state index < -0.39 is 0 Å². The van der Waals surface area contributed by atoms with Crippen LogP contribution in [0.15, 0.2) is 218 Å². The summed E-state index contributed by atoms with van der Waals surface area (Å²) in [5.41, 5.74) is 14.6. The Labute approximate surface area is 316 Å². The lowest BCUT2D eigenvalue weighted by Crippen LogP contribution is -1.91. The minimum atomic E-state index is 1.21. The Morgan fingerprint density at radius 1 is 0.148 bits per heavy atom. The van der Waals surface area contributed by atoms with Gasteiger partial charge in [0.15, 0.2) is 0 Å². The van der Waals surface area contributed by atoms with Crippen LogP contribution in [0.4, 0.5) is 0 Å². The summed E-state index contributed by atoms with van der Waals surface area (Å²) in [4.78, 5) is 0. The highest BCUT2D eigenvalue weighted by molar-refractivity contribution is 6.24. The maximum atomic E-state index is 2.44. The minimum absolute atomic E-state index is 1.21. The molecule has 0 atom stereocenters. The molecule has 0 saturated heterocycles. The fraction of sp³-hybridized carbons (Fsp3) is 0. The monoisotopic (exact) mass is 684 g/mol. The van der Waals surface area contributed by atoms with E-state index in [-0.39, 0.29) is 0 Å². The second-order valence-corrected chi connectivity index (χ2v) is 14.1. The van der Waals surface area contributed by atoms with E-state index >= 15 is 0 Å².